The molecule has 0 radical (unpaired) electrons. The van der Waals surface area contributed by atoms with Crippen LogP contribution in [0.3, 0.4) is 0 Å². The van der Waals surface area contributed by atoms with Gasteiger partial charge in [0.05, 0.1) is 0 Å². The van der Waals surface area contributed by atoms with Crippen molar-refractivity contribution in [2.24, 2.45) is 0 Å². The summed E-state index contributed by atoms with van der Waals surface area (Å²) in [5.41, 5.74) is 8.37. The largest absolute Gasteiger partial charge is 0.184 e. The first-order valence-corrected chi connectivity index (χ1v) is 15.9. The van der Waals surface area contributed by atoms with Crippen molar-refractivity contribution in [3.63, 3.8) is 0 Å². The third kappa shape index (κ3) is 18.4. The molecular weight excluding hydrogens is 527 g/mol. The van der Waals surface area contributed by atoms with Gasteiger partial charge in [-0.15, -0.1) is 24.8 Å². The summed E-state index contributed by atoms with van der Waals surface area (Å²) in [4.78, 5) is 0. The van der Waals surface area contributed by atoms with E-state index >= 15 is 0 Å². The number of halogens is 2. The molecule has 4 aromatic rings. The van der Waals surface area contributed by atoms with E-state index in [0.717, 1.165) is 0 Å². The number of rotatable bonds is 0. The molecule has 0 saturated heterocycles. The van der Waals surface area contributed by atoms with E-state index in [4.69, 9.17) is 0 Å². The first kappa shape index (κ1) is 35.4. The molecule has 0 fully saturated rings. The fourth-order valence-electron chi connectivity index (χ4n) is 2.59. The Kier molecular flexibility index (Phi) is 25.4. The van der Waals surface area contributed by atoms with Gasteiger partial charge in [0, 0.05) is 0 Å². The molecule has 0 saturated carbocycles. The maximum atomic E-state index is 2.89. The minimum Gasteiger partial charge on any atom is -0.184 e. The third-order valence-electron chi connectivity index (χ3n) is 4.23. The van der Waals surface area contributed by atoms with Crippen LogP contribution in [-0.4, -0.2) is 6.88 Å². The van der Waals surface area contributed by atoms with E-state index in [9.17, 15) is 0 Å². The van der Waals surface area contributed by atoms with Gasteiger partial charge in [-0.05, 0) is 0 Å². The summed E-state index contributed by atoms with van der Waals surface area (Å²) in [5, 5.41) is 0. The minimum absolute atomic E-state index is 0. The minimum atomic E-state index is 0. The van der Waals surface area contributed by atoms with E-state index in [1.165, 1.54) is 33.4 Å². The first-order chi connectivity index (χ1) is 14.4. The Hall–Kier alpha value is -1.18. The standard InChI is InChI=1S/2C8H11.2C6H5.2ClH.H2Si.Zr/c2*1-6-4-7(2)8(3)5-6;2*1-2-4-6-5-3-1;;;;/h2*4-5H,1-3H3;2*1-5H;2*1H;1H2;/q4*-1;;;;. The summed E-state index contributed by atoms with van der Waals surface area (Å²) in [5.74, 6) is 0. The Labute approximate surface area is 225 Å². The molecule has 0 unspecified atom stereocenters. The van der Waals surface area contributed by atoms with Crippen LogP contribution in [0.1, 0.15) is 33.4 Å². The number of hydrogen-bond acceptors (Lipinski definition) is 0. The van der Waals surface area contributed by atoms with E-state index < -0.39 is 0 Å². The maximum absolute atomic E-state index is 2.89. The fourth-order valence-corrected chi connectivity index (χ4v) is 2.59. The summed E-state index contributed by atoms with van der Waals surface area (Å²) in [6.45, 7) is 14.8. The number of hydrogen-bond donors (Lipinski definition) is 0. The van der Waals surface area contributed by atoms with E-state index in [2.05, 4.69) is 77.9 Å². The van der Waals surface area contributed by atoms with Crippen molar-refractivity contribution >= 4 is 31.7 Å². The summed E-state index contributed by atoms with van der Waals surface area (Å²) < 4.78 is 0. The van der Waals surface area contributed by atoms with Crippen LogP contribution >= 0.6 is 24.8 Å². The summed E-state index contributed by atoms with van der Waals surface area (Å²) >= 11 is 1.58. The van der Waals surface area contributed by atoms with Crippen LogP contribution in [0.2, 0.25) is 0 Å². The Morgan fingerprint density at radius 2 is 0.844 bits per heavy atom. The van der Waals surface area contributed by atoms with Crippen molar-refractivity contribution < 1.29 is 23.3 Å². The van der Waals surface area contributed by atoms with Gasteiger partial charge in [0.2, 0.25) is 0 Å². The van der Waals surface area contributed by atoms with Crippen molar-refractivity contribution in [3.8, 4) is 0 Å². The van der Waals surface area contributed by atoms with Gasteiger partial charge in [0.1, 0.15) is 0 Å². The maximum Gasteiger partial charge on any atom is -0.171 e. The van der Waals surface area contributed by atoms with Crippen molar-refractivity contribution in [1.29, 1.82) is 0 Å². The normalized spacial score (nSPS) is 8.03. The van der Waals surface area contributed by atoms with Gasteiger partial charge in [0.25, 0.3) is 0 Å². The van der Waals surface area contributed by atoms with Crippen molar-refractivity contribution in [1.82, 2.24) is 0 Å². The molecule has 0 nitrogen and oxygen atoms in total. The monoisotopic (exact) mass is 560 g/mol. The second-order valence-electron chi connectivity index (χ2n) is 6.95. The zero-order chi connectivity index (χ0) is 22.8. The molecule has 0 spiro atoms. The van der Waals surface area contributed by atoms with Crippen LogP contribution in [0, 0.1) is 53.7 Å². The van der Waals surface area contributed by atoms with E-state index in [-0.39, 0.29) is 24.8 Å². The molecule has 32 heavy (non-hydrogen) atoms. The molecule has 0 N–H and O–H groups in total. The molecular formula is C28H36Cl2SiZr-4. The van der Waals surface area contributed by atoms with Gasteiger partial charge in [-0.1, -0.05) is 41.5 Å². The van der Waals surface area contributed by atoms with Gasteiger partial charge < -0.3 is 0 Å². The number of benzene rings is 2. The molecule has 4 heteroatoms. The Balaban J connectivity index is -0.000000337. The van der Waals surface area contributed by atoms with Crippen molar-refractivity contribution in [3.05, 3.63) is 130 Å². The molecule has 0 atom stereocenters. The Bertz CT molecular complexity index is 732. The molecule has 0 amide bonds. The van der Waals surface area contributed by atoms with Gasteiger partial charge in [-0.3, -0.25) is 0 Å². The molecule has 4 rings (SSSR count). The third-order valence-corrected chi connectivity index (χ3v) is 4.23. The van der Waals surface area contributed by atoms with E-state index in [0.29, 0.717) is 0 Å². The fraction of sp³-hybridized carbons (Fsp3) is 0.214. The predicted octanol–water partition coefficient (Wildman–Crippen LogP) is 7.56. The van der Waals surface area contributed by atoms with Crippen LogP contribution in [0.4, 0.5) is 0 Å². The van der Waals surface area contributed by atoms with Gasteiger partial charge in [-0.2, -0.15) is 118 Å². The topological polar surface area (TPSA) is 0 Å². The predicted molar refractivity (Wildman–Crippen MR) is 146 cm³/mol. The average Bonchev–Trinajstić information content (AvgIpc) is 3.24. The van der Waals surface area contributed by atoms with Gasteiger partial charge >= 0.3 is 30.2 Å². The van der Waals surface area contributed by atoms with Crippen molar-refractivity contribution in [2.75, 3.05) is 0 Å². The first-order valence-electron chi connectivity index (χ1n) is 9.98. The molecule has 0 aliphatic heterocycles. The summed E-state index contributed by atoms with van der Waals surface area (Å²) in [7, 11) is 0. The second-order valence-corrected chi connectivity index (χ2v) is 6.95. The molecule has 4 aromatic carbocycles. The molecule has 0 aromatic heterocycles. The molecule has 0 aliphatic rings. The summed E-state index contributed by atoms with van der Waals surface area (Å²) in [6.07, 6.45) is 0. The van der Waals surface area contributed by atoms with Crippen LogP contribution in [0.15, 0.2) is 84.9 Å². The molecule has 0 bridgehead atoms. The van der Waals surface area contributed by atoms with Gasteiger partial charge in [0.15, 0.2) is 0 Å². The van der Waals surface area contributed by atoms with E-state index in [1.807, 2.05) is 67.5 Å². The van der Waals surface area contributed by atoms with Crippen LogP contribution < -0.4 is 0 Å². The molecule has 0 heterocycles. The Morgan fingerprint density at radius 1 is 0.562 bits per heavy atom. The Morgan fingerprint density at radius 3 is 0.906 bits per heavy atom. The zero-order valence-corrected chi connectivity index (χ0v) is 25.6. The van der Waals surface area contributed by atoms with Crippen LogP contribution in [0.25, 0.3) is 0 Å². The molecule has 0 aliphatic carbocycles. The smallest absolute Gasteiger partial charge is 0.171 e. The van der Waals surface area contributed by atoms with Crippen molar-refractivity contribution in [2.45, 2.75) is 41.5 Å². The van der Waals surface area contributed by atoms with Gasteiger partial charge in [-0.25, -0.2) is 12.1 Å². The van der Waals surface area contributed by atoms with Crippen LogP contribution in [0.5, 0.6) is 0 Å². The number of aryl methyl sites for hydroxylation is 6. The SMILES string of the molecule is Cc1cc(C)c(C)[cH-]1.Cc1cc(C)c(C)[cH-]1.Cl.Cl.[SiH2]=[Zr].[c-]1ccccc1.[c-]1ccccc1. The quantitative estimate of drug-likeness (QED) is 0.153. The second kappa shape index (κ2) is 23.0. The van der Waals surface area contributed by atoms with Crippen LogP contribution in [-0.2, 0) is 23.3 Å². The van der Waals surface area contributed by atoms with E-state index in [1.54, 1.807) is 23.3 Å². The zero-order valence-electron chi connectivity index (χ0n) is 20.1. The molecule has 174 valence electrons. The average molecular weight is 563 g/mol. The summed E-state index contributed by atoms with van der Waals surface area (Å²) in [6, 6.07) is 33.8.